The van der Waals surface area contributed by atoms with Crippen LogP contribution in [0.2, 0.25) is 0 Å². The second-order valence-corrected chi connectivity index (χ2v) is 4.22. The lowest BCUT2D eigenvalue weighted by atomic mass is 10.00. The van der Waals surface area contributed by atoms with E-state index in [9.17, 15) is 0 Å². The number of hydrazine groups is 1. The standard InChI is InChI=1S/C11H20N4/c1-9(2)4-3-5-11(15-12)10-6-7-13-14-8-10/h6-9,11,15H,3-5,12H2,1-2H3. The van der Waals surface area contributed by atoms with Crippen molar-refractivity contribution in [2.75, 3.05) is 0 Å². The lowest BCUT2D eigenvalue weighted by Gasteiger charge is -2.15. The van der Waals surface area contributed by atoms with Crippen LogP contribution in [-0.2, 0) is 0 Å². The van der Waals surface area contributed by atoms with Crippen LogP contribution in [0.15, 0.2) is 18.5 Å². The molecule has 1 aromatic heterocycles. The minimum Gasteiger partial charge on any atom is -0.271 e. The summed E-state index contributed by atoms with van der Waals surface area (Å²) in [6, 6.07) is 2.15. The maximum Gasteiger partial charge on any atom is 0.0544 e. The van der Waals surface area contributed by atoms with Gasteiger partial charge in [0, 0.05) is 12.2 Å². The Kier molecular flexibility index (Phi) is 5.21. The van der Waals surface area contributed by atoms with Crippen LogP contribution >= 0.6 is 0 Å². The molecule has 84 valence electrons. The lowest BCUT2D eigenvalue weighted by molar-refractivity contribution is 0.454. The van der Waals surface area contributed by atoms with E-state index in [1.807, 2.05) is 6.07 Å². The summed E-state index contributed by atoms with van der Waals surface area (Å²) >= 11 is 0. The first-order chi connectivity index (χ1) is 7.24. The molecular weight excluding hydrogens is 188 g/mol. The predicted octanol–water partition coefficient (Wildman–Crippen LogP) is 1.81. The molecule has 4 nitrogen and oxygen atoms in total. The molecule has 0 aliphatic carbocycles. The number of nitrogens with two attached hydrogens (primary N) is 1. The highest BCUT2D eigenvalue weighted by atomic mass is 15.2. The van der Waals surface area contributed by atoms with Crippen molar-refractivity contribution in [3.05, 3.63) is 24.0 Å². The molecule has 1 rings (SSSR count). The van der Waals surface area contributed by atoms with E-state index in [0.29, 0.717) is 0 Å². The molecule has 0 aliphatic heterocycles. The van der Waals surface area contributed by atoms with Crippen molar-refractivity contribution in [1.82, 2.24) is 15.6 Å². The van der Waals surface area contributed by atoms with E-state index < -0.39 is 0 Å². The SMILES string of the molecule is CC(C)CCCC(NN)c1ccnnc1. The molecule has 4 heteroatoms. The Morgan fingerprint density at radius 1 is 1.33 bits per heavy atom. The molecule has 0 aliphatic rings. The highest BCUT2D eigenvalue weighted by Crippen LogP contribution is 2.18. The zero-order chi connectivity index (χ0) is 11.1. The number of nitrogens with zero attached hydrogens (tertiary/aromatic N) is 2. The zero-order valence-electron chi connectivity index (χ0n) is 9.48. The van der Waals surface area contributed by atoms with Gasteiger partial charge in [-0.3, -0.25) is 11.3 Å². The first-order valence-corrected chi connectivity index (χ1v) is 5.46. The van der Waals surface area contributed by atoms with Gasteiger partial charge >= 0.3 is 0 Å². The van der Waals surface area contributed by atoms with E-state index in [1.165, 1.54) is 12.8 Å². The first kappa shape index (κ1) is 12.1. The van der Waals surface area contributed by atoms with E-state index >= 15 is 0 Å². The van der Waals surface area contributed by atoms with Crippen LogP contribution < -0.4 is 11.3 Å². The van der Waals surface area contributed by atoms with Crippen molar-refractivity contribution < 1.29 is 0 Å². The van der Waals surface area contributed by atoms with Gasteiger partial charge in [0.2, 0.25) is 0 Å². The molecule has 0 spiro atoms. The Labute approximate surface area is 91.3 Å². The lowest BCUT2D eigenvalue weighted by Crippen LogP contribution is -2.28. The van der Waals surface area contributed by atoms with Crippen molar-refractivity contribution in [3.63, 3.8) is 0 Å². The Morgan fingerprint density at radius 2 is 2.13 bits per heavy atom. The maximum atomic E-state index is 5.52. The van der Waals surface area contributed by atoms with E-state index in [-0.39, 0.29) is 6.04 Å². The second-order valence-electron chi connectivity index (χ2n) is 4.22. The topological polar surface area (TPSA) is 63.8 Å². The molecule has 15 heavy (non-hydrogen) atoms. The Morgan fingerprint density at radius 3 is 2.67 bits per heavy atom. The third-order valence-electron chi connectivity index (χ3n) is 2.48. The molecule has 0 aromatic carbocycles. The van der Waals surface area contributed by atoms with Gasteiger partial charge in [-0.25, -0.2) is 0 Å². The first-order valence-electron chi connectivity index (χ1n) is 5.46. The van der Waals surface area contributed by atoms with Crippen molar-refractivity contribution in [2.24, 2.45) is 11.8 Å². The number of hydrogen-bond acceptors (Lipinski definition) is 4. The summed E-state index contributed by atoms with van der Waals surface area (Å²) in [5.41, 5.74) is 3.93. The average molecular weight is 208 g/mol. The summed E-state index contributed by atoms with van der Waals surface area (Å²) in [7, 11) is 0. The maximum absolute atomic E-state index is 5.52. The summed E-state index contributed by atoms with van der Waals surface area (Å²) in [5.74, 6) is 6.27. The average Bonchev–Trinajstić information content (AvgIpc) is 2.25. The number of hydrogen-bond donors (Lipinski definition) is 2. The Bertz CT molecular complexity index is 261. The quantitative estimate of drug-likeness (QED) is 0.553. The van der Waals surface area contributed by atoms with Gasteiger partial charge in [0.05, 0.1) is 6.20 Å². The number of rotatable bonds is 6. The summed E-state index contributed by atoms with van der Waals surface area (Å²) in [6.07, 6.45) is 6.91. The third-order valence-corrected chi connectivity index (χ3v) is 2.48. The van der Waals surface area contributed by atoms with Gasteiger partial charge in [0.15, 0.2) is 0 Å². The fourth-order valence-electron chi connectivity index (χ4n) is 1.58. The monoisotopic (exact) mass is 208 g/mol. The van der Waals surface area contributed by atoms with Gasteiger partial charge in [0.25, 0.3) is 0 Å². The van der Waals surface area contributed by atoms with Gasteiger partial charge in [-0.15, -0.1) is 0 Å². The minimum absolute atomic E-state index is 0.194. The zero-order valence-corrected chi connectivity index (χ0v) is 9.48. The van der Waals surface area contributed by atoms with Crippen LogP contribution in [0.5, 0.6) is 0 Å². The number of nitrogens with one attached hydrogen (secondary N) is 1. The minimum atomic E-state index is 0.194. The highest BCUT2D eigenvalue weighted by Gasteiger charge is 2.09. The summed E-state index contributed by atoms with van der Waals surface area (Å²) in [5, 5.41) is 7.60. The Balaban J connectivity index is 2.43. The second kappa shape index (κ2) is 6.48. The van der Waals surface area contributed by atoms with Gasteiger partial charge in [-0.2, -0.15) is 10.2 Å². The molecule has 1 unspecified atom stereocenters. The van der Waals surface area contributed by atoms with Crippen LogP contribution in [0, 0.1) is 5.92 Å². The van der Waals surface area contributed by atoms with Crippen molar-refractivity contribution in [2.45, 2.75) is 39.2 Å². The van der Waals surface area contributed by atoms with E-state index in [4.69, 9.17) is 5.84 Å². The van der Waals surface area contributed by atoms with E-state index in [1.54, 1.807) is 12.4 Å². The van der Waals surface area contributed by atoms with Crippen molar-refractivity contribution in [1.29, 1.82) is 0 Å². The van der Waals surface area contributed by atoms with E-state index in [0.717, 1.165) is 17.9 Å². The molecule has 0 saturated heterocycles. The largest absolute Gasteiger partial charge is 0.271 e. The summed E-state index contributed by atoms with van der Waals surface area (Å²) in [4.78, 5) is 0. The van der Waals surface area contributed by atoms with E-state index in [2.05, 4.69) is 29.5 Å². The molecule has 0 saturated carbocycles. The molecule has 1 heterocycles. The molecule has 0 fully saturated rings. The smallest absolute Gasteiger partial charge is 0.0544 e. The van der Waals surface area contributed by atoms with Crippen LogP contribution in [0.3, 0.4) is 0 Å². The molecular formula is C11H20N4. The summed E-state index contributed by atoms with van der Waals surface area (Å²) < 4.78 is 0. The highest BCUT2D eigenvalue weighted by molar-refractivity contribution is 5.10. The Hall–Kier alpha value is -1.00. The fraction of sp³-hybridized carbons (Fsp3) is 0.636. The van der Waals surface area contributed by atoms with Gasteiger partial charge < -0.3 is 0 Å². The van der Waals surface area contributed by atoms with Crippen LogP contribution in [0.4, 0.5) is 0 Å². The van der Waals surface area contributed by atoms with Crippen LogP contribution in [-0.4, -0.2) is 10.2 Å². The predicted molar refractivity (Wildman–Crippen MR) is 60.8 cm³/mol. The van der Waals surface area contributed by atoms with Gasteiger partial charge in [-0.05, 0) is 24.0 Å². The third kappa shape index (κ3) is 4.36. The molecule has 0 amide bonds. The molecule has 0 bridgehead atoms. The van der Waals surface area contributed by atoms with Crippen LogP contribution in [0.25, 0.3) is 0 Å². The molecule has 0 radical (unpaired) electrons. The fourth-order valence-corrected chi connectivity index (χ4v) is 1.58. The van der Waals surface area contributed by atoms with Crippen molar-refractivity contribution in [3.8, 4) is 0 Å². The molecule has 3 N–H and O–H groups in total. The molecule has 1 atom stereocenters. The normalized spacial score (nSPS) is 13.1. The van der Waals surface area contributed by atoms with Gasteiger partial charge in [0.1, 0.15) is 0 Å². The van der Waals surface area contributed by atoms with Crippen molar-refractivity contribution >= 4 is 0 Å². The van der Waals surface area contributed by atoms with Gasteiger partial charge in [-0.1, -0.05) is 26.7 Å². The van der Waals surface area contributed by atoms with Crippen LogP contribution in [0.1, 0.15) is 44.7 Å². The summed E-state index contributed by atoms with van der Waals surface area (Å²) in [6.45, 7) is 4.47. The number of aromatic nitrogens is 2. The molecule has 1 aromatic rings.